The first-order valence-electron chi connectivity index (χ1n) is 10.2. The van der Waals surface area contributed by atoms with Crippen molar-refractivity contribution >= 4 is 41.0 Å². The second kappa shape index (κ2) is 9.83. The first-order chi connectivity index (χ1) is 15.9. The quantitative estimate of drug-likeness (QED) is 0.623. The lowest BCUT2D eigenvalue weighted by Gasteiger charge is -2.12. The Morgan fingerprint density at radius 3 is 2.82 bits per heavy atom. The lowest BCUT2D eigenvalue weighted by atomic mass is 10.1. The zero-order valence-corrected chi connectivity index (χ0v) is 18.9. The minimum atomic E-state index is -0.392. The van der Waals surface area contributed by atoms with Crippen LogP contribution in [0.2, 0.25) is 0 Å². The number of rotatable bonds is 7. The summed E-state index contributed by atoms with van der Waals surface area (Å²) >= 11 is 0.868. The van der Waals surface area contributed by atoms with E-state index in [1.165, 1.54) is 6.08 Å². The lowest BCUT2D eigenvalue weighted by Crippen LogP contribution is -2.36. The molecule has 0 unspecified atom stereocenters. The number of nitrogens with one attached hydrogen (secondary N) is 1. The molecule has 0 aliphatic carbocycles. The van der Waals surface area contributed by atoms with Gasteiger partial charge in [-0.05, 0) is 60.7 Å². The second-order valence-electron chi connectivity index (χ2n) is 7.32. The molecule has 170 valence electrons. The van der Waals surface area contributed by atoms with Crippen LogP contribution in [-0.4, -0.2) is 48.9 Å². The van der Waals surface area contributed by atoms with Crippen LogP contribution in [0.15, 0.2) is 47.4 Å². The molecule has 4 rings (SSSR count). The molecule has 2 aromatic carbocycles. The van der Waals surface area contributed by atoms with E-state index in [2.05, 4.69) is 5.32 Å². The summed E-state index contributed by atoms with van der Waals surface area (Å²) in [5, 5.41) is 2.32. The van der Waals surface area contributed by atoms with Gasteiger partial charge in [0.2, 0.25) is 12.7 Å². The van der Waals surface area contributed by atoms with E-state index in [0.29, 0.717) is 22.2 Å². The maximum absolute atomic E-state index is 12.7. The zero-order chi connectivity index (χ0) is 23.4. The average Bonchev–Trinajstić information content (AvgIpc) is 3.37. The molecule has 8 nitrogen and oxygen atoms in total. The summed E-state index contributed by atoms with van der Waals surface area (Å²) in [6, 6.07) is 11.0. The van der Waals surface area contributed by atoms with Crippen LogP contribution in [0.25, 0.3) is 12.2 Å². The van der Waals surface area contributed by atoms with E-state index in [-0.39, 0.29) is 31.0 Å². The summed E-state index contributed by atoms with van der Waals surface area (Å²) in [4.78, 5) is 38.6. The summed E-state index contributed by atoms with van der Waals surface area (Å²) in [5.74, 6) is 1.18. The number of carbonyl (C=O) groups is 3. The lowest BCUT2D eigenvalue weighted by molar-refractivity contribution is -0.123. The van der Waals surface area contributed by atoms with E-state index < -0.39 is 5.91 Å². The van der Waals surface area contributed by atoms with E-state index in [0.717, 1.165) is 33.4 Å². The SMILES string of the molecule is COc1ccc(C)cc1/C=C/C(=O)NCCN1C(=O)S/C(=C\c2ccc3c(c2)OCO3)C1=O. The number of methoxy groups -OCH3 is 1. The number of nitrogens with zero attached hydrogens (tertiary/aromatic N) is 1. The van der Waals surface area contributed by atoms with Crippen LogP contribution in [0.1, 0.15) is 16.7 Å². The second-order valence-corrected chi connectivity index (χ2v) is 8.31. The zero-order valence-electron chi connectivity index (χ0n) is 18.1. The Hall–Kier alpha value is -3.72. The summed E-state index contributed by atoms with van der Waals surface area (Å²) in [6.07, 6.45) is 4.70. The molecule has 2 aromatic rings. The molecule has 2 aliphatic rings. The Labute approximate surface area is 195 Å². The molecule has 9 heteroatoms. The van der Waals surface area contributed by atoms with Gasteiger partial charge in [0.1, 0.15) is 5.75 Å². The molecule has 0 radical (unpaired) electrons. The fourth-order valence-electron chi connectivity index (χ4n) is 3.35. The molecule has 1 fully saturated rings. The minimum absolute atomic E-state index is 0.0799. The molecule has 0 aromatic heterocycles. The molecule has 3 amide bonds. The third-order valence-corrected chi connectivity index (χ3v) is 5.91. The molecule has 2 heterocycles. The molecular formula is C24H22N2O6S. The molecule has 1 N–H and O–H groups in total. The minimum Gasteiger partial charge on any atom is -0.496 e. The van der Waals surface area contributed by atoms with Crippen LogP contribution in [0, 0.1) is 6.92 Å². The number of thioether (sulfide) groups is 1. The van der Waals surface area contributed by atoms with Crippen LogP contribution < -0.4 is 19.5 Å². The van der Waals surface area contributed by atoms with Gasteiger partial charge in [0.05, 0.1) is 12.0 Å². The smallest absolute Gasteiger partial charge is 0.293 e. The van der Waals surface area contributed by atoms with Crippen molar-refractivity contribution in [1.29, 1.82) is 0 Å². The number of carbonyl (C=O) groups excluding carboxylic acids is 3. The van der Waals surface area contributed by atoms with E-state index >= 15 is 0 Å². The number of benzene rings is 2. The maximum atomic E-state index is 12.7. The van der Waals surface area contributed by atoms with Gasteiger partial charge >= 0.3 is 0 Å². The van der Waals surface area contributed by atoms with E-state index in [1.807, 2.05) is 25.1 Å². The summed E-state index contributed by atoms with van der Waals surface area (Å²) in [6.45, 7) is 2.34. The maximum Gasteiger partial charge on any atom is 0.293 e. The van der Waals surface area contributed by atoms with E-state index in [4.69, 9.17) is 14.2 Å². The first-order valence-corrected chi connectivity index (χ1v) is 11.0. The van der Waals surface area contributed by atoms with Gasteiger partial charge in [-0.1, -0.05) is 17.7 Å². The Kier molecular flexibility index (Phi) is 6.69. The predicted octanol–water partition coefficient (Wildman–Crippen LogP) is 3.60. The van der Waals surface area contributed by atoms with Gasteiger partial charge in [-0.3, -0.25) is 19.3 Å². The van der Waals surface area contributed by atoms with Gasteiger partial charge in [0.25, 0.3) is 11.1 Å². The molecule has 1 saturated heterocycles. The highest BCUT2D eigenvalue weighted by Gasteiger charge is 2.34. The Morgan fingerprint density at radius 1 is 1.18 bits per heavy atom. The van der Waals surface area contributed by atoms with Crippen molar-refractivity contribution < 1.29 is 28.6 Å². The normalized spacial score (nSPS) is 16.2. The van der Waals surface area contributed by atoms with Gasteiger partial charge in [0, 0.05) is 24.7 Å². The van der Waals surface area contributed by atoms with Crippen molar-refractivity contribution in [2.75, 3.05) is 27.0 Å². The number of amides is 3. The van der Waals surface area contributed by atoms with Gasteiger partial charge in [0.15, 0.2) is 11.5 Å². The monoisotopic (exact) mass is 466 g/mol. The molecule has 33 heavy (non-hydrogen) atoms. The van der Waals surface area contributed by atoms with Gasteiger partial charge in [-0.15, -0.1) is 0 Å². The van der Waals surface area contributed by atoms with Crippen LogP contribution >= 0.6 is 11.8 Å². The highest BCUT2D eigenvalue weighted by atomic mass is 32.2. The highest BCUT2D eigenvalue weighted by molar-refractivity contribution is 8.18. The van der Waals surface area contributed by atoms with Gasteiger partial charge in [-0.25, -0.2) is 0 Å². The van der Waals surface area contributed by atoms with Crippen LogP contribution in [0.3, 0.4) is 0 Å². The molecular weight excluding hydrogens is 444 g/mol. The Morgan fingerprint density at radius 2 is 2.00 bits per heavy atom. The third kappa shape index (κ3) is 5.20. The largest absolute Gasteiger partial charge is 0.496 e. The van der Waals surface area contributed by atoms with Gasteiger partial charge in [-0.2, -0.15) is 0 Å². The third-order valence-electron chi connectivity index (χ3n) is 5.00. The fraction of sp³-hybridized carbons (Fsp3) is 0.208. The van der Waals surface area contributed by atoms with Crippen molar-refractivity contribution in [1.82, 2.24) is 10.2 Å². The molecule has 0 atom stereocenters. The van der Waals surface area contributed by atoms with Crippen molar-refractivity contribution in [2.45, 2.75) is 6.92 Å². The topological polar surface area (TPSA) is 94.2 Å². The van der Waals surface area contributed by atoms with Crippen molar-refractivity contribution in [3.63, 3.8) is 0 Å². The molecule has 0 bridgehead atoms. The van der Waals surface area contributed by atoms with E-state index in [9.17, 15) is 14.4 Å². The summed E-state index contributed by atoms with van der Waals surface area (Å²) in [5.41, 5.74) is 2.56. The fourth-order valence-corrected chi connectivity index (χ4v) is 4.21. The predicted molar refractivity (Wildman–Crippen MR) is 125 cm³/mol. The van der Waals surface area contributed by atoms with Crippen LogP contribution in [-0.2, 0) is 9.59 Å². The van der Waals surface area contributed by atoms with Crippen LogP contribution in [0.4, 0.5) is 4.79 Å². The Bertz CT molecular complexity index is 1170. The van der Waals surface area contributed by atoms with Crippen molar-refractivity contribution in [2.24, 2.45) is 0 Å². The van der Waals surface area contributed by atoms with Crippen molar-refractivity contribution in [3.05, 3.63) is 64.1 Å². The molecule has 0 saturated carbocycles. The average molecular weight is 467 g/mol. The standard InChI is InChI=1S/C24H22N2O6S/c1-15-3-6-18(30-2)17(11-15)5-8-22(27)25-9-10-26-23(28)21(33-24(26)29)13-16-4-7-19-20(12-16)32-14-31-19/h3-8,11-13H,9-10,14H2,1-2H3,(H,25,27)/b8-5+,21-13-. The number of fused-ring (bicyclic) bond motifs is 1. The van der Waals surface area contributed by atoms with Gasteiger partial charge < -0.3 is 19.5 Å². The number of ether oxygens (including phenoxy) is 3. The number of imide groups is 1. The molecule has 0 spiro atoms. The number of hydrogen-bond acceptors (Lipinski definition) is 7. The van der Waals surface area contributed by atoms with Crippen LogP contribution in [0.5, 0.6) is 17.2 Å². The Balaban J connectivity index is 1.32. The summed E-state index contributed by atoms with van der Waals surface area (Å²) in [7, 11) is 1.57. The van der Waals surface area contributed by atoms with Crippen molar-refractivity contribution in [3.8, 4) is 17.2 Å². The number of hydrogen-bond donors (Lipinski definition) is 1. The summed E-state index contributed by atoms with van der Waals surface area (Å²) < 4.78 is 15.9. The highest BCUT2D eigenvalue weighted by Crippen LogP contribution is 2.36. The first kappa shape index (κ1) is 22.5. The molecule has 2 aliphatic heterocycles. The van der Waals surface area contributed by atoms with E-state index in [1.54, 1.807) is 37.5 Å². The number of aryl methyl sites for hydroxylation is 1.